The van der Waals surface area contributed by atoms with E-state index in [0.717, 1.165) is 0 Å². The van der Waals surface area contributed by atoms with E-state index in [1.807, 2.05) is 0 Å². The molecule has 0 fully saturated rings. The van der Waals surface area contributed by atoms with Gasteiger partial charge in [0.1, 0.15) is 0 Å². The molecule has 2 atom stereocenters. The molecule has 80 valence electrons. The molecule has 0 spiro atoms. The van der Waals surface area contributed by atoms with Gasteiger partial charge in [-0.1, -0.05) is 58.9 Å². The predicted molar refractivity (Wildman–Crippen MR) is 64.2 cm³/mol. The Bertz CT molecular complexity index is 239. The lowest BCUT2D eigenvalue weighted by atomic mass is 9.70. The van der Waals surface area contributed by atoms with Crippen molar-refractivity contribution in [3.8, 4) is 0 Å². The summed E-state index contributed by atoms with van der Waals surface area (Å²) in [6.07, 6.45) is 11.7. The number of allylic oxidation sites excluding steroid dienone is 4. The first-order chi connectivity index (χ1) is 6.33. The summed E-state index contributed by atoms with van der Waals surface area (Å²) in [4.78, 5) is 0. The molecule has 0 aromatic carbocycles. The predicted octanol–water partition coefficient (Wildman–Crippen LogP) is 4.58. The summed E-state index contributed by atoms with van der Waals surface area (Å²) in [5.41, 5.74) is 0.833. The van der Waals surface area contributed by atoms with Crippen molar-refractivity contribution in [2.75, 3.05) is 0 Å². The third-order valence-corrected chi connectivity index (χ3v) is 3.44. The van der Waals surface area contributed by atoms with E-state index in [-0.39, 0.29) is 0 Å². The van der Waals surface area contributed by atoms with Crippen LogP contribution in [0.3, 0.4) is 0 Å². The van der Waals surface area contributed by atoms with Gasteiger partial charge in [0.25, 0.3) is 0 Å². The van der Waals surface area contributed by atoms with Gasteiger partial charge in [-0.05, 0) is 29.6 Å². The van der Waals surface area contributed by atoms with Gasteiger partial charge in [0.2, 0.25) is 0 Å². The van der Waals surface area contributed by atoms with Gasteiger partial charge >= 0.3 is 0 Å². The molecule has 0 saturated heterocycles. The minimum Gasteiger partial charge on any atom is -0.0809 e. The molecule has 1 rings (SSSR count). The second-order valence-corrected chi connectivity index (χ2v) is 6.10. The first-order valence-electron chi connectivity index (χ1n) is 5.70. The van der Waals surface area contributed by atoms with Crippen molar-refractivity contribution < 1.29 is 0 Å². The average Bonchev–Trinajstić information content (AvgIpc) is 2.06. The average molecular weight is 192 g/mol. The SMILES string of the molecule is CC1C=CC=CC1(C)CCC(C)(C)C. The van der Waals surface area contributed by atoms with Crippen molar-refractivity contribution in [3.05, 3.63) is 24.3 Å². The first-order valence-corrected chi connectivity index (χ1v) is 5.70. The van der Waals surface area contributed by atoms with Crippen molar-refractivity contribution in [1.82, 2.24) is 0 Å². The van der Waals surface area contributed by atoms with Crippen LogP contribution in [0.25, 0.3) is 0 Å². The number of rotatable bonds is 2. The Balaban J connectivity index is 2.58. The third-order valence-electron chi connectivity index (χ3n) is 3.44. The quantitative estimate of drug-likeness (QED) is 0.600. The van der Waals surface area contributed by atoms with Crippen LogP contribution in [-0.2, 0) is 0 Å². The first kappa shape index (κ1) is 11.6. The van der Waals surface area contributed by atoms with Crippen LogP contribution >= 0.6 is 0 Å². The highest BCUT2D eigenvalue weighted by Gasteiger charge is 2.29. The maximum atomic E-state index is 2.38. The van der Waals surface area contributed by atoms with E-state index in [1.165, 1.54) is 12.8 Å². The standard InChI is InChI=1S/C14H24/c1-12-8-6-7-9-14(12,5)11-10-13(2,3)4/h6-9,12H,10-11H2,1-5H3. The molecule has 0 heterocycles. The maximum Gasteiger partial charge on any atom is -0.00830 e. The Morgan fingerprint density at radius 2 is 1.86 bits per heavy atom. The van der Waals surface area contributed by atoms with Crippen molar-refractivity contribution in [1.29, 1.82) is 0 Å². The summed E-state index contributed by atoms with van der Waals surface area (Å²) in [6, 6.07) is 0. The number of hydrogen-bond acceptors (Lipinski definition) is 0. The van der Waals surface area contributed by atoms with Crippen LogP contribution in [0.5, 0.6) is 0 Å². The minimum atomic E-state index is 0.377. The molecule has 2 unspecified atom stereocenters. The Kier molecular flexibility index (Phi) is 3.24. The topological polar surface area (TPSA) is 0 Å². The second-order valence-electron chi connectivity index (χ2n) is 6.10. The molecule has 0 heteroatoms. The normalized spacial score (nSPS) is 32.2. The fourth-order valence-corrected chi connectivity index (χ4v) is 1.83. The van der Waals surface area contributed by atoms with Crippen molar-refractivity contribution >= 4 is 0 Å². The molecule has 0 amide bonds. The summed E-state index contributed by atoms with van der Waals surface area (Å²) in [6.45, 7) is 11.7. The summed E-state index contributed by atoms with van der Waals surface area (Å²) < 4.78 is 0. The van der Waals surface area contributed by atoms with Crippen LogP contribution in [0.2, 0.25) is 0 Å². The fourth-order valence-electron chi connectivity index (χ4n) is 1.83. The van der Waals surface area contributed by atoms with E-state index >= 15 is 0 Å². The van der Waals surface area contributed by atoms with E-state index in [1.54, 1.807) is 0 Å². The van der Waals surface area contributed by atoms with Crippen LogP contribution in [0, 0.1) is 16.7 Å². The van der Waals surface area contributed by atoms with Crippen molar-refractivity contribution in [2.24, 2.45) is 16.7 Å². The molecular formula is C14H24. The summed E-state index contributed by atoms with van der Waals surface area (Å²) in [5.74, 6) is 0.676. The van der Waals surface area contributed by atoms with Crippen LogP contribution in [-0.4, -0.2) is 0 Å². The number of hydrogen-bond donors (Lipinski definition) is 0. The third kappa shape index (κ3) is 3.01. The molecule has 0 aliphatic heterocycles. The summed E-state index contributed by atoms with van der Waals surface area (Å²) in [7, 11) is 0. The molecular weight excluding hydrogens is 168 g/mol. The van der Waals surface area contributed by atoms with E-state index in [4.69, 9.17) is 0 Å². The Hall–Kier alpha value is -0.520. The molecule has 0 N–H and O–H groups in total. The van der Waals surface area contributed by atoms with Gasteiger partial charge in [-0.25, -0.2) is 0 Å². The van der Waals surface area contributed by atoms with E-state index in [0.29, 0.717) is 16.7 Å². The lowest BCUT2D eigenvalue weighted by Crippen LogP contribution is -2.25. The zero-order chi connectivity index (χ0) is 10.8. The smallest absolute Gasteiger partial charge is 0.00830 e. The van der Waals surface area contributed by atoms with Crippen molar-refractivity contribution in [3.63, 3.8) is 0 Å². The Labute approximate surface area is 89.1 Å². The van der Waals surface area contributed by atoms with E-state index < -0.39 is 0 Å². The zero-order valence-corrected chi connectivity index (χ0v) is 10.3. The van der Waals surface area contributed by atoms with Gasteiger partial charge in [0.05, 0.1) is 0 Å². The van der Waals surface area contributed by atoms with Gasteiger partial charge < -0.3 is 0 Å². The van der Waals surface area contributed by atoms with Gasteiger partial charge in [-0.15, -0.1) is 0 Å². The van der Waals surface area contributed by atoms with E-state index in [9.17, 15) is 0 Å². The Morgan fingerprint density at radius 3 is 2.36 bits per heavy atom. The monoisotopic (exact) mass is 192 g/mol. The van der Waals surface area contributed by atoms with Crippen molar-refractivity contribution in [2.45, 2.75) is 47.5 Å². The highest BCUT2D eigenvalue weighted by molar-refractivity contribution is 5.18. The molecule has 0 radical (unpaired) electrons. The molecule has 0 bridgehead atoms. The van der Waals surface area contributed by atoms with E-state index in [2.05, 4.69) is 58.9 Å². The highest BCUT2D eigenvalue weighted by Crippen LogP contribution is 2.40. The molecule has 0 saturated carbocycles. The molecule has 14 heavy (non-hydrogen) atoms. The molecule has 0 aromatic heterocycles. The minimum absolute atomic E-state index is 0.377. The van der Waals surface area contributed by atoms with Gasteiger partial charge in [0, 0.05) is 0 Å². The van der Waals surface area contributed by atoms with Crippen LogP contribution in [0.4, 0.5) is 0 Å². The molecule has 1 aliphatic carbocycles. The van der Waals surface area contributed by atoms with Gasteiger partial charge in [-0.3, -0.25) is 0 Å². The largest absolute Gasteiger partial charge is 0.0809 e. The van der Waals surface area contributed by atoms with Crippen LogP contribution < -0.4 is 0 Å². The lowest BCUT2D eigenvalue weighted by molar-refractivity contribution is 0.238. The zero-order valence-electron chi connectivity index (χ0n) is 10.3. The fraction of sp³-hybridized carbons (Fsp3) is 0.714. The summed E-state index contributed by atoms with van der Waals surface area (Å²) >= 11 is 0. The second kappa shape index (κ2) is 3.92. The summed E-state index contributed by atoms with van der Waals surface area (Å²) in [5, 5.41) is 0. The van der Waals surface area contributed by atoms with Gasteiger partial charge in [-0.2, -0.15) is 0 Å². The molecule has 0 nitrogen and oxygen atoms in total. The lowest BCUT2D eigenvalue weighted by Gasteiger charge is -2.35. The highest BCUT2D eigenvalue weighted by atomic mass is 14.3. The molecule has 1 aliphatic rings. The Morgan fingerprint density at radius 1 is 1.21 bits per heavy atom. The van der Waals surface area contributed by atoms with Crippen LogP contribution in [0.15, 0.2) is 24.3 Å². The van der Waals surface area contributed by atoms with Crippen LogP contribution in [0.1, 0.15) is 47.5 Å². The molecule has 0 aromatic rings. The maximum absolute atomic E-state index is 2.38. The van der Waals surface area contributed by atoms with Gasteiger partial charge in [0.15, 0.2) is 0 Å².